The van der Waals surface area contributed by atoms with Gasteiger partial charge >= 0.3 is 5.97 Å². The minimum atomic E-state index is -0.981. The number of benzene rings is 1. The van der Waals surface area contributed by atoms with Crippen molar-refractivity contribution < 1.29 is 19.1 Å². The van der Waals surface area contributed by atoms with Crippen molar-refractivity contribution in [1.82, 2.24) is 4.90 Å². The maximum atomic E-state index is 12.4. The van der Waals surface area contributed by atoms with E-state index in [2.05, 4.69) is 0 Å². The van der Waals surface area contributed by atoms with Crippen LogP contribution >= 0.6 is 11.6 Å². The van der Waals surface area contributed by atoms with E-state index in [4.69, 9.17) is 21.1 Å². The summed E-state index contributed by atoms with van der Waals surface area (Å²) in [5, 5.41) is 10.3. The molecule has 3 rings (SSSR count). The number of hydrogen-bond acceptors (Lipinski definition) is 3. The van der Waals surface area contributed by atoms with Gasteiger partial charge in [-0.2, -0.15) is 0 Å². The third kappa shape index (κ3) is 2.04. The number of likely N-dealkylation sites (tertiary alicyclic amines) is 1. The van der Waals surface area contributed by atoms with Gasteiger partial charge in [0.25, 0.3) is 5.91 Å². The number of carboxylic acids is 1. The van der Waals surface area contributed by atoms with Crippen LogP contribution in [0.5, 0.6) is 0 Å². The van der Waals surface area contributed by atoms with Gasteiger partial charge in [0.2, 0.25) is 0 Å². The number of carboxylic acid groups (broad SMARTS) is 1. The maximum absolute atomic E-state index is 12.4. The lowest BCUT2D eigenvalue weighted by Crippen LogP contribution is -2.40. The summed E-state index contributed by atoms with van der Waals surface area (Å²) < 4.78 is 5.49. The van der Waals surface area contributed by atoms with Gasteiger partial charge in [-0.05, 0) is 25.0 Å². The second kappa shape index (κ2) is 4.83. The number of carbonyl (C=O) groups is 2. The number of carbonyl (C=O) groups excluding carboxylic acids is 1. The second-order valence-electron chi connectivity index (χ2n) is 4.76. The van der Waals surface area contributed by atoms with E-state index in [9.17, 15) is 9.59 Å². The van der Waals surface area contributed by atoms with Gasteiger partial charge in [-0.15, -0.1) is 0 Å². The van der Waals surface area contributed by atoms with E-state index in [1.54, 1.807) is 24.3 Å². The van der Waals surface area contributed by atoms with Crippen LogP contribution in [-0.2, 0) is 4.79 Å². The van der Waals surface area contributed by atoms with Crippen molar-refractivity contribution in [3.05, 3.63) is 35.0 Å². The van der Waals surface area contributed by atoms with Gasteiger partial charge in [-0.3, -0.25) is 4.79 Å². The molecule has 0 radical (unpaired) electrons. The molecule has 0 spiro atoms. The predicted octanol–water partition coefficient (Wildman–Crippen LogP) is 2.78. The molecule has 1 amide bonds. The maximum Gasteiger partial charge on any atom is 0.326 e. The zero-order valence-electron chi connectivity index (χ0n) is 10.5. The zero-order chi connectivity index (χ0) is 14.3. The third-order valence-electron chi connectivity index (χ3n) is 3.51. The van der Waals surface area contributed by atoms with Gasteiger partial charge in [-0.1, -0.05) is 23.7 Å². The molecule has 0 bridgehead atoms. The molecule has 5 nitrogen and oxygen atoms in total. The summed E-state index contributed by atoms with van der Waals surface area (Å²) in [6.45, 7) is 0.431. The van der Waals surface area contributed by atoms with E-state index in [0.717, 1.165) is 5.39 Å². The Hall–Kier alpha value is -2.01. The van der Waals surface area contributed by atoms with Crippen molar-refractivity contribution in [1.29, 1.82) is 0 Å². The molecule has 1 aliphatic heterocycles. The summed E-state index contributed by atoms with van der Waals surface area (Å²) in [6, 6.07) is 6.06. The average Bonchev–Trinajstić information content (AvgIpc) is 3.05. The predicted molar refractivity (Wildman–Crippen MR) is 72.9 cm³/mol. The first-order valence-electron chi connectivity index (χ1n) is 6.30. The molecule has 1 aromatic carbocycles. The molecule has 0 saturated carbocycles. The fourth-order valence-electron chi connectivity index (χ4n) is 2.54. The Balaban J connectivity index is 1.96. The molecule has 1 N–H and O–H groups in total. The van der Waals surface area contributed by atoms with Crippen molar-refractivity contribution >= 4 is 34.4 Å². The van der Waals surface area contributed by atoms with E-state index in [0.29, 0.717) is 30.0 Å². The molecule has 20 heavy (non-hydrogen) atoms. The summed E-state index contributed by atoms with van der Waals surface area (Å²) in [4.78, 5) is 24.8. The van der Waals surface area contributed by atoms with Gasteiger partial charge in [0.1, 0.15) is 6.04 Å². The molecule has 1 aliphatic rings. The number of furan rings is 1. The SMILES string of the molecule is O=C(O)[C@H]1CCCN1C(=O)c1cc2cccc(Cl)c2o1. The van der Waals surface area contributed by atoms with Crippen LogP contribution in [0.1, 0.15) is 23.4 Å². The Morgan fingerprint density at radius 1 is 1.40 bits per heavy atom. The van der Waals surface area contributed by atoms with Crippen molar-refractivity contribution in [2.45, 2.75) is 18.9 Å². The molecule has 1 atom stereocenters. The molecular weight excluding hydrogens is 282 g/mol. The molecule has 1 aromatic heterocycles. The first-order chi connectivity index (χ1) is 9.58. The number of fused-ring (bicyclic) bond motifs is 1. The van der Waals surface area contributed by atoms with Crippen molar-refractivity contribution in [2.75, 3.05) is 6.54 Å². The molecular formula is C14H12ClNO4. The van der Waals surface area contributed by atoms with E-state index < -0.39 is 17.9 Å². The monoisotopic (exact) mass is 293 g/mol. The molecule has 2 heterocycles. The highest BCUT2D eigenvalue weighted by atomic mass is 35.5. The van der Waals surface area contributed by atoms with Crippen LogP contribution in [0.15, 0.2) is 28.7 Å². The Kier molecular flexibility index (Phi) is 3.14. The zero-order valence-corrected chi connectivity index (χ0v) is 11.3. The molecule has 0 unspecified atom stereocenters. The van der Waals surface area contributed by atoms with Crippen molar-refractivity contribution in [2.24, 2.45) is 0 Å². The number of aliphatic carboxylic acids is 1. The second-order valence-corrected chi connectivity index (χ2v) is 5.17. The van der Waals surface area contributed by atoms with Gasteiger partial charge in [0.05, 0.1) is 5.02 Å². The van der Waals surface area contributed by atoms with Crippen LogP contribution in [0.3, 0.4) is 0 Å². The normalized spacial score (nSPS) is 18.6. The number of hydrogen-bond donors (Lipinski definition) is 1. The Labute approximate surface area is 119 Å². The van der Waals surface area contributed by atoms with Crippen LogP contribution in [0.2, 0.25) is 5.02 Å². The lowest BCUT2D eigenvalue weighted by atomic mass is 10.2. The van der Waals surface area contributed by atoms with Crippen molar-refractivity contribution in [3.8, 4) is 0 Å². The van der Waals surface area contributed by atoms with Gasteiger partial charge < -0.3 is 14.4 Å². The van der Waals surface area contributed by atoms with Crippen LogP contribution in [0.25, 0.3) is 11.0 Å². The summed E-state index contributed by atoms with van der Waals surface area (Å²) in [7, 11) is 0. The number of rotatable bonds is 2. The summed E-state index contributed by atoms with van der Waals surface area (Å²) in [5.41, 5.74) is 0.448. The topological polar surface area (TPSA) is 70.8 Å². The highest BCUT2D eigenvalue weighted by Gasteiger charge is 2.35. The van der Waals surface area contributed by atoms with Crippen LogP contribution in [-0.4, -0.2) is 34.5 Å². The van der Waals surface area contributed by atoms with Gasteiger partial charge in [0.15, 0.2) is 11.3 Å². The molecule has 1 saturated heterocycles. The number of halogens is 1. The standard InChI is InChI=1S/C14H12ClNO4/c15-9-4-1-3-8-7-11(20-12(8)9)13(17)16-6-2-5-10(16)14(18)19/h1,3-4,7,10H,2,5-6H2,(H,18,19)/t10-/m1/s1. The van der Waals surface area contributed by atoms with E-state index in [1.165, 1.54) is 4.90 Å². The molecule has 1 fully saturated rings. The van der Waals surface area contributed by atoms with E-state index in [-0.39, 0.29) is 5.76 Å². The fourth-order valence-corrected chi connectivity index (χ4v) is 2.76. The minimum Gasteiger partial charge on any atom is -0.480 e. The quantitative estimate of drug-likeness (QED) is 0.924. The van der Waals surface area contributed by atoms with Crippen LogP contribution < -0.4 is 0 Å². The van der Waals surface area contributed by atoms with Crippen LogP contribution in [0.4, 0.5) is 0 Å². The summed E-state index contributed by atoms with van der Waals surface area (Å²) >= 11 is 6.00. The Bertz CT molecular complexity index is 694. The number of amides is 1. The molecule has 0 aliphatic carbocycles. The largest absolute Gasteiger partial charge is 0.480 e. The van der Waals surface area contributed by atoms with Gasteiger partial charge in [-0.25, -0.2) is 4.79 Å². The summed E-state index contributed by atoms with van der Waals surface area (Å²) in [6.07, 6.45) is 1.16. The molecule has 2 aromatic rings. The average molecular weight is 294 g/mol. The van der Waals surface area contributed by atoms with Crippen LogP contribution in [0, 0.1) is 0 Å². The molecule has 6 heteroatoms. The first kappa shape index (κ1) is 13.0. The lowest BCUT2D eigenvalue weighted by Gasteiger charge is -2.19. The smallest absolute Gasteiger partial charge is 0.326 e. The number of nitrogens with zero attached hydrogens (tertiary/aromatic N) is 1. The highest BCUT2D eigenvalue weighted by molar-refractivity contribution is 6.34. The van der Waals surface area contributed by atoms with Crippen molar-refractivity contribution in [3.63, 3.8) is 0 Å². The lowest BCUT2D eigenvalue weighted by molar-refractivity contribution is -0.141. The van der Waals surface area contributed by atoms with E-state index >= 15 is 0 Å². The number of para-hydroxylation sites is 1. The Morgan fingerprint density at radius 3 is 2.90 bits per heavy atom. The highest BCUT2D eigenvalue weighted by Crippen LogP contribution is 2.28. The summed E-state index contributed by atoms with van der Waals surface area (Å²) in [5.74, 6) is -1.26. The van der Waals surface area contributed by atoms with Gasteiger partial charge in [0, 0.05) is 11.9 Å². The Morgan fingerprint density at radius 2 is 2.20 bits per heavy atom. The third-order valence-corrected chi connectivity index (χ3v) is 3.80. The molecule has 104 valence electrons. The van der Waals surface area contributed by atoms with E-state index in [1.807, 2.05) is 0 Å². The first-order valence-corrected chi connectivity index (χ1v) is 6.67. The fraction of sp³-hybridized carbons (Fsp3) is 0.286. The minimum absolute atomic E-state index is 0.126.